The van der Waals surface area contributed by atoms with Crippen LogP contribution >= 0.6 is 0 Å². The normalized spacial score (nSPS) is 10.2. The van der Waals surface area contributed by atoms with E-state index in [0.29, 0.717) is 11.6 Å². The lowest BCUT2D eigenvalue weighted by atomic mass is 10.3. The number of hydrogen-bond donors (Lipinski definition) is 2. The Labute approximate surface area is 85.5 Å². The van der Waals surface area contributed by atoms with E-state index in [4.69, 9.17) is 11.1 Å². The van der Waals surface area contributed by atoms with Crippen LogP contribution in [0.3, 0.4) is 0 Å². The highest BCUT2D eigenvalue weighted by atomic mass is 15.4. The van der Waals surface area contributed by atoms with Crippen molar-refractivity contribution in [2.24, 2.45) is 5.73 Å². The van der Waals surface area contributed by atoms with E-state index in [0.717, 1.165) is 5.69 Å². The second-order valence-electron chi connectivity index (χ2n) is 2.95. The van der Waals surface area contributed by atoms with Crippen molar-refractivity contribution in [2.45, 2.75) is 6.92 Å². The summed E-state index contributed by atoms with van der Waals surface area (Å²) in [5.74, 6) is 0.263. The maximum absolute atomic E-state index is 7.30. The third kappa shape index (κ3) is 1.80. The van der Waals surface area contributed by atoms with Crippen LogP contribution in [0, 0.1) is 12.3 Å². The number of amidine groups is 1. The van der Waals surface area contributed by atoms with Crippen LogP contribution in [0.25, 0.3) is 5.95 Å². The van der Waals surface area contributed by atoms with Crippen molar-refractivity contribution in [3.63, 3.8) is 0 Å². The monoisotopic (exact) mass is 203 g/mol. The maximum Gasteiger partial charge on any atom is 0.252 e. The molecule has 0 atom stereocenters. The minimum absolute atomic E-state index is 0.0955. The van der Waals surface area contributed by atoms with Gasteiger partial charge in [0.15, 0.2) is 0 Å². The van der Waals surface area contributed by atoms with Crippen LogP contribution in [-0.4, -0.2) is 30.6 Å². The second kappa shape index (κ2) is 3.45. The van der Waals surface area contributed by atoms with Crippen LogP contribution < -0.4 is 5.73 Å². The van der Waals surface area contributed by atoms with Crippen molar-refractivity contribution in [3.05, 3.63) is 30.1 Å². The number of nitrogens with zero attached hydrogens (tertiary/aromatic N) is 5. The van der Waals surface area contributed by atoms with E-state index < -0.39 is 0 Å². The van der Waals surface area contributed by atoms with E-state index in [-0.39, 0.29) is 5.84 Å². The first kappa shape index (κ1) is 9.25. The highest BCUT2D eigenvalue weighted by Crippen LogP contribution is 2.02. The van der Waals surface area contributed by atoms with Gasteiger partial charge in [-0.25, -0.2) is 15.0 Å². The van der Waals surface area contributed by atoms with Crippen molar-refractivity contribution in [3.8, 4) is 5.95 Å². The van der Waals surface area contributed by atoms with Gasteiger partial charge in [0, 0.05) is 5.69 Å². The highest BCUT2D eigenvalue weighted by Gasteiger charge is 2.06. The molecule has 0 bridgehead atoms. The van der Waals surface area contributed by atoms with Gasteiger partial charge in [-0.2, -0.15) is 9.78 Å². The summed E-state index contributed by atoms with van der Waals surface area (Å²) in [6, 6.07) is 1.64. The number of hydrogen-bond acceptors (Lipinski definition) is 5. The Morgan fingerprint density at radius 3 is 2.87 bits per heavy atom. The molecule has 0 radical (unpaired) electrons. The summed E-state index contributed by atoms with van der Waals surface area (Å²) in [5, 5.41) is 11.2. The van der Waals surface area contributed by atoms with Crippen LogP contribution in [0.1, 0.15) is 11.4 Å². The largest absolute Gasteiger partial charge is 0.382 e. The van der Waals surface area contributed by atoms with Crippen LogP contribution in [0.5, 0.6) is 0 Å². The standard InChI is InChI=1S/C8H9N7/c1-5-2-6(7(9)10)14-8(13-5)15-4-11-3-12-15/h2-4H,1H3,(H3,9,10). The average molecular weight is 203 g/mol. The fourth-order valence-electron chi connectivity index (χ4n) is 1.10. The highest BCUT2D eigenvalue weighted by molar-refractivity contribution is 5.93. The molecule has 2 aromatic heterocycles. The van der Waals surface area contributed by atoms with Gasteiger partial charge in [-0.15, -0.1) is 0 Å². The molecule has 3 N–H and O–H groups in total. The molecule has 7 nitrogen and oxygen atoms in total. The van der Waals surface area contributed by atoms with Crippen LogP contribution in [-0.2, 0) is 0 Å². The summed E-state index contributed by atoms with van der Waals surface area (Å²) in [6.07, 6.45) is 2.87. The van der Waals surface area contributed by atoms with Gasteiger partial charge in [0.05, 0.1) is 0 Å². The van der Waals surface area contributed by atoms with Gasteiger partial charge in [0.1, 0.15) is 24.2 Å². The Morgan fingerprint density at radius 1 is 1.47 bits per heavy atom. The SMILES string of the molecule is Cc1cc(C(=N)N)nc(-n2cncn2)n1. The summed E-state index contributed by atoms with van der Waals surface area (Å²) < 4.78 is 1.42. The van der Waals surface area contributed by atoms with Crippen LogP contribution in [0.2, 0.25) is 0 Å². The Kier molecular flexibility index (Phi) is 2.13. The van der Waals surface area contributed by atoms with Crippen LogP contribution in [0.15, 0.2) is 18.7 Å². The number of nitrogens with two attached hydrogens (primary N) is 1. The zero-order valence-corrected chi connectivity index (χ0v) is 8.05. The first-order chi connectivity index (χ1) is 7.16. The van der Waals surface area contributed by atoms with Gasteiger partial charge in [0.25, 0.3) is 5.95 Å². The summed E-state index contributed by atoms with van der Waals surface area (Å²) in [5.41, 5.74) is 6.46. The third-order valence-electron chi connectivity index (χ3n) is 1.74. The fourth-order valence-corrected chi connectivity index (χ4v) is 1.10. The molecule has 0 saturated carbocycles. The summed E-state index contributed by atoms with van der Waals surface area (Å²) in [7, 11) is 0. The summed E-state index contributed by atoms with van der Waals surface area (Å²) in [4.78, 5) is 12.0. The molecule has 0 aliphatic rings. The molecule has 0 aliphatic heterocycles. The van der Waals surface area contributed by atoms with E-state index >= 15 is 0 Å². The number of aryl methyl sites for hydroxylation is 1. The Morgan fingerprint density at radius 2 is 2.27 bits per heavy atom. The van der Waals surface area contributed by atoms with Crippen molar-refractivity contribution in [1.29, 1.82) is 5.41 Å². The van der Waals surface area contributed by atoms with E-state index in [9.17, 15) is 0 Å². The van der Waals surface area contributed by atoms with Gasteiger partial charge in [-0.1, -0.05) is 0 Å². The maximum atomic E-state index is 7.30. The predicted molar refractivity (Wildman–Crippen MR) is 52.7 cm³/mol. The van der Waals surface area contributed by atoms with Gasteiger partial charge in [-0.05, 0) is 13.0 Å². The Bertz CT molecular complexity index is 488. The van der Waals surface area contributed by atoms with Crippen molar-refractivity contribution >= 4 is 5.84 Å². The summed E-state index contributed by atoms with van der Waals surface area (Å²) >= 11 is 0. The van der Waals surface area contributed by atoms with Gasteiger partial charge < -0.3 is 5.73 Å². The number of nitrogen functional groups attached to an aromatic ring is 1. The molecule has 0 fully saturated rings. The van der Waals surface area contributed by atoms with Gasteiger partial charge in [0.2, 0.25) is 0 Å². The summed E-state index contributed by atoms with van der Waals surface area (Å²) in [6.45, 7) is 1.80. The van der Waals surface area contributed by atoms with Crippen molar-refractivity contribution in [2.75, 3.05) is 0 Å². The number of aromatic nitrogens is 5. The quantitative estimate of drug-likeness (QED) is 0.512. The van der Waals surface area contributed by atoms with Crippen molar-refractivity contribution < 1.29 is 0 Å². The molecule has 7 heteroatoms. The molecule has 0 aromatic carbocycles. The average Bonchev–Trinajstić information content (AvgIpc) is 2.69. The first-order valence-corrected chi connectivity index (χ1v) is 4.22. The Balaban J connectivity index is 2.54. The van der Waals surface area contributed by atoms with E-state index in [2.05, 4.69) is 20.1 Å². The van der Waals surface area contributed by atoms with E-state index in [1.54, 1.807) is 13.0 Å². The first-order valence-electron chi connectivity index (χ1n) is 4.22. The van der Waals surface area contributed by atoms with E-state index in [1.807, 2.05) is 0 Å². The Hall–Kier alpha value is -2.31. The van der Waals surface area contributed by atoms with Crippen LogP contribution in [0.4, 0.5) is 0 Å². The molecule has 0 aliphatic carbocycles. The molecule has 2 aromatic rings. The second-order valence-corrected chi connectivity index (χ2v) is 2.95. The van der Waals surface area contributed by atoms with Gasteiger partial charge in [-0.3, -0.25) is 5.41 Å². The molecule has 0 spiro atoms. The molecule has 0 amide bonds. The van der Waals surface area contributed by atoms with Crippen molar-refractivity contribution in [1.82, 2.24) is 24.7 Å². The lowest BCUT2D eigenvalue weighted by Gasteiger charge is -2.03. The molecular weight excluding hydrogens is 194 g/mol. The lowest BCUT2D eigenvalue weighted by molar-refractivity contribution is 0.797. The van der Waals surface area contributed by atoms with Gasteiger partial charge >= 0.3 is 0 Å². The molecule has 2 rings (SSSR count). The minimum atomic E-state index is -0.0955. The molecular formula is C8H9N7. The molecule has 15 heavy (non-hydrogen) atoms. The zero-order chi connectivity index (χ0) is 10.8. The topological polar surface area (TPSA) is 106 Å². The molecule has 2 heterocycles. The molecule has 0 unspecified atom stereocenters. The zero-order valence-electron chi connectivity index (χ0n) is 8.05. The third-order valence-corrected chi connectivity index (χ3v) is 1.74. The number of nitrogens with one attached hydrogen (secondary N) is 1. The fraction of sp³-hybridized carbons (Fsp3) is 0.125. The minimum Gasteiger partial charge on any atom is -0.382 e. The number of rotatable bonds is 2. The lowest BCUT2D eigenvalue weighted by Crippen LogP contribution is -2.16. The smallest absolute Gasteiger partial charge is 0.252 e. The molecule has 0 saturated heterocycles. The predicted octanol–water partition coefficient (Wildman–Crippen LogP) is -0.350. The molecule has 76 valence electrons. The van der Waals surface area contributed by atoms with E-state index in [1.165, 1.54) is 17.3 Å².